The van der Waals surface area contributed by atoms with Gasteiger partial charge in [-0.2, -0.15) is 0 Å². The second-order valence-corrected chi connectivity index (χ2v) is 6.15. The first kappa shape index (κ1) is 16.8. The number of nitrogens with zero attached hydrogens (tertiary/aromatic N) is 2. The molecule has 2 aromatic carbocycles. The van der Waals surface area contributed by atoms with Gasteiger partial charge in [0.05, 0.1) is 11.0 Å². The number of hydrogen-bond donors (Lipinski definition) is 0. The average Bonchev–Trinajstić information content (AvgIpc) is 2.91. The van der Waals surface area contributed by atoms with E-state index < -0.39 is 0 Å². The van der Waals surface area contributed by atoms with E-state index in [2.05, 4.69) is 4.57 Å². The van der Waals surface area contributed by atoms with Crippen LogP contribution < -0.4 is 4.74 Å². The van der Waals surface area contributed by atoms with Crippen molar-refractivity contribution in [2.45, 2.75) is 26.5 Å². The smallest absolute Gasteiger partial charge is 0.148 e. The van der Waals surface area contributed by atoms with E-state index >= 15 is 0 Å². The van der Waals surface area contributed by atoms with Crippen LogP contribution in [0, 0.1) is 6.92 Å². The Morgan fingerprint density at radius 2 is 2.00 bits per heavy atom. The van der Waals surface area contributed by atoms with Crippen molar-refractivity contribution >= 4 is 22.6 Å². The van der Waals surface area contributed by atoms with E-state index in [9.17, 15) is 0 Å². The maximum atomic E-state index is 6.10. The third-order valence-corrected chi connectivity index (χ3v) is 4.20. The van der Waals surface area contributed by atoms with Crippen LogP contribution in [0.15, 0.2) is 42.5 Å². The molecule has 0 atom stereocenters. The first-order valence-corrected chi connectivity index (χ1v) is 8.39. The molecule has 24 heavy (non-hydrogen) atoms. The Bertz CT molecular complexity index is 829. The van der Waals surface area contributed by atoms with Crippen molar-refractivity contribution < 1.29 is 9.47 Å². The molecule has 0 aliphatic carbocycles. The molecule has 5 heteroatoms. The lowest BCUT2D eigenvalue weighted by Gasteiger charge is -2.11. The van der Waals surface area contributed by atoms with Crippen LogP contribution in [-0.2, 0) is 17.9 Å². The summed E-state index contributed by atoms with van der Waals surface area (Å²) < 4.78 is 13.3. The van der Waals surface area contributed by atoms with Gasteiger partial charge in [-0.25, -0.2) is 4.98 Å². The van der Waals surface area contributed by atoms with Crippen LogP contribution in [0.5, 0.6) is 5.75 Å². The van der Waals surface area contributed by atoms with E-state index in [0.29, 0.717) is 18.2 Å². The Kier molecular flexibility index (Phi) is 5.38. The highest BCUT2D eigenvalue weighted by Crippen LogP contribution is 2.23. The number of para-hydroxylation sites is 1. The molecule has 0 spiro atoms. The monoisotopic (exact) mass is 344 g/mol. The molecule has 3 rings (SSSR count). The molecule has 0 N–H and O–H groups in total. The Morgan fingerprint density at radius 3 is 2.79 bits per heavy atom. The van der Waals surface area contributed by atoms with Crippen molar-refractivity contribution in [2.24, 2.45) is 0 Å². The number of aromatic nitrogens is 2. The number of aryl methyl sites for hydroxylation is 2. The second kappa shape index (κ2) is 7.69. The van der Waals surface area contributed by atoms with Gasteiger partial charge in [-0.1, -0.05) is 29.8 Å². The summed E-state index contributed by atoms with van der Waals surface area (Å²) in [7, 11) is 1.72. The minimum atomic E-state index is 0.421. The normalized spacial score (nSPS) is 11.1. The largest absolute Gasteiger partial charge is 0.485 e. The molecule has 1 aromatic heterocycles. The van der Waals surface area contributed by atoms with Crippen LogP contribution in [0.1, 0.15) is 17.8 Å². The molecule has 1 heterocycles. The van der Waals surface area contributed by atoms with Crippen molar-refractivity contribution in [3.05, 3.63) is 58.9 Å². The van der Waals surface area contributed by atoms with Crippen LogP contribution in [0.2, 0.25) is 5.02 Å². The van der Waals surface area contributed by atoms with Gasteiger partial charge in [0.25, 0.3) is 0 Å². The molecular weight excluding hydrogens is 324 g/mol. The molecular formula is C19H21ClN2O2. The number of methoxy groups -OCH3 is 1. The van der Waals surface area contributed by atoms with Crippen molar-refractivity contribution in [1.82, 2.24) is 9.55 Å². The maximum absolute atomic E-state index is 6.10. The molecule has 0 fully saturated rings. The first-order valence-electron chi connectivity index (χ1n) is 8.01. The lowest BCUT2D eigenvalue weighted by atomic mass is 10.2. The molecule has 3 aromatic rings. The minimum Gasteiger partial charge on any atom is -0.485 e. The van der Waals surface area contributed by atoms with Crippen LogP contribution in [0.4, 0.5) is 0 Å². The van der Waals surface area contributed by atoms with E-state index in [0.717, 1.165) is 41.1 Å². The Balaban J connectivity index is 1.87. The molecule has 0 radical (unpaired) electrons. The number of halogens is 1. The zero-order valence-corrected chi connectivity index (χ0v) is 14.7. The van der Waals surface area contributed by atoms with E-state index in [1.165, 1.54) is 0 Å². The van der Waals surface area contributed by atoms with Gasteiger partial charge in [-0.05, 0) is 43.2 Å². The Hall–Kier alpha value is -2.04. The van der Waals surface area contributed by atoms with Gasteiger partial charge in [0.2, 0.25) is 0 Å². The summed E-state index contributed by atoms with van der Waals surface area (Å²) in [5.41, 5.74) is 3.07. The van der Waals surface area contributed by atoms with E-state index in [1.807, 2.05) is 49.4 Å². The third kappa shape index (κ3) is 3.71. The van der Waals surface area contributed by atoms with E-state index in [4.69, 9.17) is 26.1 Å². The van der Waals surface area contributed by atoms with Gasteiger partial charge in [0.15, 0.2) is 0 Å². The molecule has 0 saturated heterocycles. The maximum Gasteiger partial charge on any atom is 0.148 e. The van der Waals surface area contributed by atoms with E-state index in [-0.39, 0.29) is 0 Å². The highest BCUT2D eigenvalue weighted by molar-refractivity contribution is 6.31. The number of fused-ring (bicyclic) bond motifs is 1. The lowest BCUT2D eigenvalue weighted by Crippen LogP contribution is -2.09. The predicted octanol–water partition coefficient (Wildman–Crippen LogP) is 4.61. The van der Waals surface area contributed by atoms with Crippen LogP contribution in [-0.4, -0.2) is 23.3 Å². The van der Waals surface area contributed by atoms with Gasteiger partial charge < -0.3 is 14.0 Å². The molecule has 126 valence electrons. The fourth-order valence-corrected chi connectivity index (χ4v) is 2.91. The van der Waals surface area contributed by atoms with Crippen molar-refractivity contribution in [2.75, 3.05) is 13.7 Å². The number of hydrogen-bond acceptors (Lipinski definition) is 3. The topological polar surface area (TPSA) is 36.3 Å². The van der Waals surface area contributed by atoms with Crippen molar-refractivity contribution in [1.29, 1.82) is 0 Å². The van der Waals surface area contributed by atoms with Gasteiger partial charge >= 0.3 is 0 Å². The molecule has 0 amide bonds. The summed E-state index contributed by atoms with van der Waals surface area (Å²) in [5, 5.41) is 0.690. The van der Waals surface area contributed by atoms with E-state index in [1.54, 1.807) is 7.11 Å². The van der Waals surface area contributed by atoms with Crippen LogP contribution >= 0.6 is 11.6 Å². The number of rotatable bonds is 7. The third-order valence-electron chi connectivity index (χ3n) is 3.97. The molecule has 0 saturated carbocycles. The second-order valence-electron chi connectivity index (χ2n) is 5.71. The number of ether oxygens (including phenoxy) is 2. The zero-order valence-electron chi connectivity index (χ0n) is 14.0. The quantitative estimate of drug-likeness (QED) is 0.587. The lowest BCUT2D eigenvalue weighted by molar-refractivity contribution is 0.189. The van der Waals surface area contributed by atoms with Crippen LogP contribution in [0.3, 0.4) is 0 Å². The first-order chi connectivity index (χ1) is 11.7. The van der Waals surface area contributed by atoms with Gasteiger partial charge in [0, 0.05) is 25.3 Å². The van der Waals surface area contributed by atoms with Gasteiger partial charge in [-0.15, -0.1) is 0 Å². The molecule has 0 aliphatic rings. The molecule has 0 aliphatic heterocycles. The van der Waals surface area contributed by atoms with Gasteiger partial charge in [0.1, 0.15) is 18.2 Å². The highest BCUT2D eigenvalue weighted by Gasteiger charge is 2.12. The fraction of sp³-hybridized carbons (Fsp3) is 0.316. The summed E-state index contributed by atoms with van der Waals surface area (Å²) in [5.74, 6) is 1.78. The average molecular weight is 345 g/mol. The summed E-state index contributed by atoms with van der Waals surface area (Å²) in [6.07, 6.45) is 0.919. The predicted molar refractivity (Wildman–Crippen MR) is 96.7 cm³/mol. The molecule has 0 unspecified atom stereocenters. The highest BCUT2D eigenvalue weighted by atomic mass is 35.5. The summed E-state index contributed by atoms with van der Waals surface area (Å²) >= 11 is 6.10. The summed E-state index contributed by atoms with van der Waals surface area (Å²) in [6.45, 7) is 4.00. The van der Waals surface area contributed by atoms with Crippen molar-refractivity contribution in [3.63, 3.8) is 0 Å². The molecule has 0 bridgehead atoms. The van der Waals surface area contributed by atoms with Crippen molar-refractivity contribution in [3.8, 4) is 5.75 Å². The standard InChI is InChI=1S/C19H21ClN2O2/c1-14-6-3-4-7-18(14)24-13-19-21-16-12-15(20)8-9-17(16)22(19)10-5-11-23-2/h3-4,6-9,12H,5,10-11,13H2,1-2H3. The summed E-state index contributed by atoms with van der Waals surface area (Å²) in [4.78, 5) is 4.71. The fourth-order valence-electron chi connectivity index (χ4n) is 2.74. The molecule has 4 nitrogen and oxygen atoms in total. The van der Waals surface area contributed by atoms with Crippen LogP contribution in [0.25, 0.3) is 11.0 Å². The minimum absolute atomic E-state index is 0.421. The number of imidazole rings is 1. The zero-order chi connectivity index (χ0) is 16.9. The SMILES string of the molecule is COCCCn1c(COc2ccccc2C)nc2cc(Cl)ccc21. The number of benzene rings is 2. The van der Waals surface area contributed by atoms with Gasteiger partial charge in [-0.3, -0.25) is 0 Å². The Labute approximate surface area is 147 Å². The Morgan fingerprint density at radius 1 is 1.17 bits per heavy atom. The summed E-state index contributed by atoms with van der Waals surface area (Å²) in [6, 6.07) is 13.8.